The molecule has 0 saturated carbocycles. The van der Waals surface area contributed by atoms with Crippen LogP contribution in [-0.2, 0) is 0 Å². The molecule has 7 nitrogen and oxygen atoms in total. The average molecular weight is 404 g/mol. The van der Waals surface area contributed by atoms with Crippen LogP contribution in [0, 0.1) is 20.4 Å². The average Bonchev–Trinajstić information content (AvgIpc) is 3.02. The molecule has 3 aromatic rings. The Hall–Kier alpha value is -3.05. The lowest BCUT2D eigenvalue weighted by Crippen LogP contribution is -2.48. The van der Waals surface area contributed by atoms with Gasteiger partial charge in [0.05, 0.1) is 41.9 Å². The highest BCUT2D eigenvalue weighted by molar-refractivity contribution is 6.09. The fraction of sp³-hybridized carbons (Fsp3) is 0.348. The SMILES string of the molecule is [C-]#[N+]c1ccc(-n2c(C)c(C(=O)CN3CC[C@@H](O)[C@@H](O)C3)c3ncc(C)cc32)cc1. The van der Waals surface area contributed by atoms with E-state index in [1.54, 1.807) is 18.3 Å². The Morgan fingerprint density at radius 1 is 1.23 bits per heavy atom. The predicted molar refractivity (Wildman–Crippen MR) is 114 cm³/mol. The van der Waals surface area contributed by atoms with Crippen LogP contribution in [0.3, 0.4) is 0 Å². The highest BCUT2D eigenvalue weighted by Crippen LogP contribution is 2.30. The van der Waals surface area contributed by atoms with E-state index in [9.17, 15) is 15.0 Å². The van der Waals surface area contributed by atoms with Crippen molar-refractivity contribution in [3.05, 3.63) is 64.8 Å². The number of likely N-dealkylation sites (tertiary alicyclic amines) is 1. The summed E-state index contributed by atoms with van der Waals surface area (Å²) in [4.78, 5) is 23.2. The second kappa shape index (κ2) is 8.00. The van der Waals surface area contributed by atoms with Gasteiger partial charge in [0.25, 0.3) is 0 Å². The number of fused-ring (bicyclic) bond motifs is 1. The summed E-state index contributed by atoms with van der Waals surface area (Å²) in [6.45, 7) is 12.0. The van der Waals surface area contributed by atoms with Crippen LogP contribution in [0.5, 0.6) is 0 Å². The van der Waals surface area contributed by atoms with E-state index in [2.05, 4.69) is 9.83 Å². The van der Waals surface area contributed by atoms with E-state index in [4.69, 9.17) is 6.57 Å². The summed E-state index contributed by atoms with van der Waals surface area (Å²) in [5.74, 6) is -0.0611. The monoisotopic (exact) mass is 404 g/mol. The number of benzene rings is 1. The van der Waals surface area contributed by atoms with Crippen LogP contribution in [0.4, 0.5) is 5.69 Å². The predicted octanol–water partition coefficient (Wildman–Crippen LogP) is 2.80. The summed E-state index contributed by atoms with van der Waals surface area (Å²) in [5.41, 5.74) is 5.28. The maximum absolute atomic E-state index is 13.3. The summed E-state index contributed by atoms with van der Waals surface area (Å²) in [7, 11) is 0. The quantitative estimate of drug-likeness (QED) is 0.516. The molecule has 1 aliphatic heterocycles. The lowest BCUT2D eigenvalue weighted by molar-refractivity contribution is -0.0363. The van der Waals surface area contributed by atoms with Crippen molar-refractivity contribution in [2.24, 2.45) is 0 Å². The number of carbonyl (C=O) groups is 1. The number of aliphatic hydroxyl groups is 2. The van der Waals surface area contributed by atoms with E-state index in [0.29, 0.717) is 29.7 Å². The van der Waals surface area contributed by atoms with Gasteiger partial charge in [-0.25, -0.2) is 4.85 Å². The minimum absolute atomic E-state index is 0.0611. The minimum atomic E-state index is -0.837. The van der Waals surface area contributed by atoms with Gasteiger partial charge in [0.2, 0.25) is 0 Å². The van der Waals surface area contributed by atoms with E-state index in [1.165, 1.54) is 0 Å². The van der Waals surface area contributed by atoms with Gasteiger partial charge in [0.1, 0.15) is 0 Å². The Bertz CT molecular complexity index is 1140. The van der Waals surface area contributed by atoms with Crippen LogP contribution in [0.25, 0.3) is 21.6 Å². The van der Waals surface area contributed by atoms with Gasteiger partial charge in [-0.15, -0.1) is 0 Å². The fourth-order valence-corrected chi connectivity index (χ4v) is 4.13. The molecule has 1 saturated heterocycles. The molecule has 154 valence electrons. The molecule has 0 unspecified atom stereocenters. The number of aliphatic hydroxyl groups excluding tert-OH is 2. The van der Waals surface area contributed by atoms with E-state index in [0.717, 1.165) is 22.5 Å². The molecule has 0 aliphatic carbocycles. The standard InChI is InChI=1S/C23H24N4O3/c1-14-10-18-23(25-11-14)22(21(30)13-26-9-8-19(28)20(29)12-26)15(2)27(18)17-6-4-16(24-3)5-7-17/h4-7,10-11,19-20,28-29H,8-9,12-13H2,1-2H3/t19-,20+/m1/s1. The first-order chi connectivity index (χ1) is 14.4. The van der Waals surface area contributed by atoms with Crippen LogP contribution >= 0.6 is 0 Å². The van der Waals surface area contributed by atoms with Gasteiger partial charge in [0, 0.05) is 30.7 Å². The highest BCUT2D eigenvalue weighted by atomic mass is 16.3. The largest absolute Gasteiger partial charge is 0.390 e. The van der Waals surface area contributed by atoms with Gasteiger partial charge in [-0.05, 0) is 44.0 Å². The minimum Gasteiger partial charge on any atom is -0.390 e. The number of rotatable bonds is 4. The zero-order valence-corrected chi connectivity index (χ0v) is 17.0. The zero-order chi connectivity index (χ0) is 21.4. The normalized spacial score (nSPS) is 19.7. The number of aryl methyl sites for hydroxylation is 1. The molecule has 1 aromatic carbocycles. The molecule has 0 bridgehead atoms. The molecular weight excluding hydrogens is 380 g/mol. The first kappa shape index (κ1) is 20.2. The van der Waals surface area contributed by atoms with Crippen LogP contribution in [-0.4, -0.2) is 62.3 Å². The van der Waals surface area contributed by atoms with Gasteiger partial charge < -0.3 is 14.8 Å². The number of aromatic nitrogens is 2. The van der Waals surface area contributed by atoms with Crippen LogP contribution in [0.1, 0.15) is 28.0 Å². The maximum Gasteiger partial charge on any atom is 0.187 e. The smallest absolute Gasteiger partial charge is 0.187 e. The van der Waals surface area contributed by atoms with Crippen molar-refractivity contribution in [3.63, 3.8) is 0 Å². The fourth-order valence-electron chi connectivity index (χ4n) is 4.13. The lowest BCUT2D eigenvalue weighted by atomic mass is 10.0. The number of piperidine rings is 1. The Labute approximate surface area is 175 Å². The Balaban J connectivity index is 1.76. The van der Waals surface area contributed by atoms with E-state index in [-0.39, 0.29) is 18.9 Å². The third-order valence-electron chi connectivity index (χ3n) is 5.69. The van der Waals surface area contributed by atoms with Gasteiger partial charge in [-0.3, -0.25) is 14.7 Å². The van der Waals surface area contributed by atoms with E-state index in [1.807, 2.05) is 41.5 Å². The molecule has 0 radical (unpaired) electrons. The van der Waals surface area contributed by atoms with Gasteiger partial charge in [0.15, 0.2) is 11.5 Å². The second-order valence-corrected chi connectivity index (χ2v) is 7.89. The number of nitrogens with zero attached hydrogens (tertiary/aromatic N) is 4. The van der Waals surface area contributed by atoms with Crippen molar-refractivity contribution >= 4 is 22.5 Å². The molecule has 0 amide bonds. The molecule has 2 N–H and O–H groups in total. The van der Waals surface area contributed by atoms with Crippen LogP contribution in [0.2, 0.25) is 0 Å². The number of Topliss-reactive ketones (excluding diaryl/α,β-unsaturated/α-hetero) is 1. The Kier molecular flexibility index (Phi) is 5.39. The highest BCUT2D eigenvalue weighted by Gasteiger charge is 2.29. The third-order valence-corrected chi connectivity index (χ3v) is 5.69. The number of pyridine rings is 1. The molecule has 30 heavy (non-hydrogen) atoms. The first-order valence-corrected chi connectivity index (χ1v) is 9.96. The Morgan fingerprint density at radius 3 is 2.63 bits per heavy atom. The number of hydrogen-bond acceptors (Lipinski definition) is 5. The van der Waals surface area contributed by atoms with Gasteiger partial charge >= 0.3 is 0 Å². The Morgan fingerprint density at radius 2 is 1.97 bits per heavy atom. The van der Waals surface area contributed by atoms with Crippen molar-refractivity contribution < 1.29 is 15.0 Å². The van der Waals surface area contributed by atoms with E-state index >= 15 is 0 Å². The summed E-state index contributed by atoms with van der Waals surface area (Å²) >= 11 is 0. The van der Waals surface area contributed by atoms with Crippen LogP contribution < -0.4 is 0 Å². The molecular formula is C23H24N4O3. The molecule has 2 atom stereocenters. The summed E-state index contributed by atoms with van der Waals surface area (Å²) in [5, 5.41) is 19.7. The summed E-state index contributed by atoms with van der Waals surface area (Å²) < 4.78 is 2.01. The van der Waals surface area contributed by atoms with Crippen molar-refractivity contribution in [2.45, 2.75) is 32.5 Å². The molecule has 1 aliphatic rings. The first-order valence-electron chi connectivity index (χ1n) is 9.96. The number of ketones is 1. The topological polar surface area (TPSA) is 83.0 Å². The molecule has 0 spiro atoms. The number of β-amino-alcohol motifs (C(OH)–C–C–N with tert-alkyl or cyclic N) is 1. The van der Waals surface area contributed by atoms with Gasteiger partial charge in [-0.1, -0.05) is 12.1 Å². The second-order valence-electron chi connectivity index (χ2n) is 7.89. The number of carbonyl (C=O) groups excluding carboxylic acids is 1. The van der Waals surface area contributed by atoms with Crippen molar-refractivity contribution in [1.82, 2.24) is 14.5 Å². The maximum atomic E-state index is 13.3. The summed E-state index contributed by atoms with van der Waals surface area (Å²) in [6, 6.07) is 9.28. The van der Waals surface area contributed by atoms with Crippen LogP contribution in [0.15, 0.2) is 36.5 Å². The van der Waals surface area contributed by atoms with E-state index < -0.39 is 12.2 Å². The third kappa shape index (κ3) is 3.61. The van der Waals surface area contributed by atoms with Crippen molar-refractivity contribution in [1.29, 1.82) is 0 Å². The lowest BCUT2D eigenvalue weighted by Gasteiger charge is -2.32. The van der Waals surface area contributed by atoms with Crippen molar-refractivity contribution in [3.8, 4) is 5.69 Å². The zero-order valence-electron chi connectivity index (χ0n) is 17.0. The molecule has 4 rings (SSSR count). The number of hydrogen-bond donors (Lipinski definition) is 2. The summed E-state index contributed by atoms with van der Waals surface area (Å²) in [6.07, 6.45) is 0.630. The molecule has 1 fully saturated rings. The molecule has 7 heteroatoms. The molecule has 2 aromatic heterocycles. The molecule has 3 heterocycles. The van der Waals surface area contributed by atoms with Gasteiger partial charge in [-0.2, -0.15) is 0 Å². The van der Waals surface area contributed by atoms with Crippen molar-refractivity contribution in [2.75, 3.05) is 19.6 Å².